The second-order valence-electron chi connectivity index (χ2n) is 5.79. The van der Waals surface area contributed by atoms with Crippen LogP contribution < -0.4 is 14.8 Å². The average Bonchev–Trinajstić information content (AvgIpc) is 3.12. The van der Waals surface area contributed by atoms with E-state index in [0.717, 1.165) is 25.8 Å². The molecule has 1 aliphatic heterocycles. The lowest BCUT2D eigenvalue weighted by atomic mass is 10.1. The highest BCUT2D eigenvalue weighted by molar-refractivity contribution is 7.89. The van der Waals surface area contributed by atoms with Gasteiger partial charge in [0.15, 0.2) is 0 Å². The lowest BCUT2D eigenvalue weighted by Gasteiger charge is -2.23. The van der Waals surface area contributed by atoms with E-state index in [1.807, 2.05) is 18.2 Å². The third kappa shape index (κ3) is 3.77. The summed E-state index contributed by atoms with van der Waals surface area (Å²) in [6, 6.07) is 7.51. The predicted molar refractivity (Wildman–Crippen MR) is 90.9 cm³/mol. The van der Waals surface area contributed by atoms with Crippen molar-refractivity contribution in [3.63, 3.8) is 0 Å². The maximum atomic E-state index is 12.5. The number of hydrogen-bond acceptors (Lipinski definition) is 5. The average molecular weight is 350 g/mol. The van der Waals surface area contributed by atoms with Crippen molar-refractivity contribution in [2.75, 3.05) is 20.2 Å². The molecule has 24 heavy (non-hydrogen) atoms. The van der Waals surface area contributed by atoms with E-state index in [2.05, 4.69) is 15.1 Å². The number of para-hydroxylation sites is 2. The second-order valence-corrected chi connectivity index (χ2v) is 7.56. The van der Waals surface area contributed by atoms with Gasteiger partial charge in [0.1, 0.15) is 16.3 Å². The molecule has 1 aromatic heterocycles. The molecule has 7 nitrogen and oxygen atoms in total. The lowest BCUT2D eigenvalue weighted by Crippen LogP contribution is -2.43. The molecule has 0 amide bonds. The molecule has 2 aromatic rings. The molecule has 8 heteroatoms. The van der Waals surface area contributed by atoms with E-state index in [-0.39, 0.29) is 10.9 Å². The summed E-state index contributed by atoms with van der Waals surface area (Å²) in [5, 5.41) is 7.48. The van der Waals surface area contributed by atoms with Crippen molar-refractivity contribution >= 4 is 10.0 Å². The first-order chi connectivity index (χ1) is 11.6. The van der Waals surface area contributed by atoms with Gasteiger partial charge in [-0.1, -0.05) is 18.6 Å². The van der Waals surface area contributed by atoms with Gasteiger partial charge in [-0.25, -0.2) is 17.8 Å². The molecule has 130 valence electrons. The Kier molecular flexibility index (Phi) is 5.17. The van der Waals surface area contributed by atoms with Gasteiger partial charge in [0.25, 0.3) is 0 Å². The smallest absolute Gasteiger partial charge is 0.243 e. The maximum absolute atomic E-state index is 12.5. The van der Waals surface area contributed by atoms with Gasteiger partial charge in [0.05, 0.1) is 19.5 Å². The standard InChI is InChI=1S/C16H22N4O3S/c1-23-16-8-3-2-7-15(16)20-12-14(11-18-20)24(21,22)19-10-13-6-4-5-9-17-13/h2-3,7-8,11-13,17,19H,4-6,9-10H2,1H3/t13-/m1/s1. The summed E-state index contributed by atoms with van der Waals surface area (Å²) in [5.41, 5.74) is 0.690. The number of rotatable bonds is 6. The Bertz CT molecular complexity index is 782. The monoisotopic (exact) mass is 350 g/mol. The fourth-order valence-corrected chi connectivity index (χ4v) is 3.80. The van der Waals surface area contributed by atoms with Gasteiger partial charge in [-0.3, -0.25) is 0 Å². The molecule has 0 radical (unpaired) electrons. The number of nitrogens with zero attached hydrogens (tertiary/aromatic N) is 2. The van der Waals surface area contributed by atoms with Gasteiger partial charge in [0, 0.05) is 12.6 Å². The normalized spacial score (nSPS) is 18.5. The first kappa shape index (κ1) is 16.9. The first-order valence-electron chi connectivity index (χ1n) is 8.01. The van der Waals surface area contributed by atoms with Gasteiger partial charge in [0.2, 0.25) is 10.0 Å². The van der Waals surface area contributed by atoms with Crippen LogP contribution in [0.3, 0.4) is 0 Å². The molecule has 1 aromatic carbocycles. The van der Waals surface area contributed by atoms with Gasteiger partial charge in [-0.15, -0.1) is 0 Å². The van der Waals surface area contributed by atoms with Crippen molar-refractivity contribution in [1.82, 2.24) is 19.8 Å². The van der Waals surface area contributed by atoms with Crippen molar-refractivity contribution in [2.45, 2.75) is 30.2 Å². The highest BCUT2D eigenvalue weighted by Crippen LogP contribution is 2.22. The first-order valence-corrected chi connectivity index (χ1v) is 9.49. The van der Waals surface area contributed by atoms with Crippen molar-refractivity contribution in [3.8, 4) is 11.4 Å². The zero-order chi connectivity index (χ0) is 17.0. The topological polar surface area (TPSA) is 85.2 Å². The molecular formula is C16H22N4O3S. The summed E-state index contributed by atoms with van der Waals surface area (Å²) in [5.74, 6) is 0.629. The van der Waals surface area contributed by atoms with Gasteiger partial charge in [-0.05, 0) is 31.5 Å². The third-order valence-corrected chi connectivity index (χ3v) is 5.51. The van der Waals surface area contributed by atoms with Gasteiger partial charge in [-0.2, -0.15) is 5.10 Å². The summed E-state index contributed by atoms with van der Waals surface area (Å²) in [6.45, 7) is 1.33. The Hall–Kier alpha value is -1.90. The zero-order valence-electron chi connectivity index (χ0n) is 13.6. The Morgan fingerprint density at radius 3 is 2.96 bits per heavy atom. The van der Waals surface area contributed by atoms with E-state index in [1.54, 1.807) is 13.2 Å². The molecule has 0 saturated carbocycles. The SMILES string of the molecule is COc1ccccc1-n1cc(S(=O)(=O)NC[C@H]2CCCCN2)cn1. The fraction of sp³-hybridized carbons (Fsp3) is 0.438. The Labute approximate surface area is 142 Å². The maximum Gasteiger partial charge on any atom is 0.243 e. The summed E-state index contributed by atoms with van der Waals surface area (Å²) >= 11 is 0. The number of methoxy groups -OCH3 is 1. The van der Waals surface area contributed by atoms with Crippen LogP contribution in [0.5, 0.6) is 5.75 Å². The molecular weight excluding hydrogens is 328 g/mol. The van der Waals surface area contributed by atoms with Gasteiger partial charge < -0.3 is 10.1 Å². The summed E-state index contributed by atoms with van der Waals surface area (Å²) in [7, 11) is -2.01. The van der Waals surface area contributed by atoms with E-state index in [0.29, 0.717) is 18.0 Å². The molecule has 1 atom stereocenters. The van der Waals surface area contributed by atoms with Crippen LogP contribution in [0.2, 0.25) is 0 Å². The Balaban J connectivity index is 1.74. The van der Waals surface area contributed by atoms with Crippen LogP contribution in [-0.4, -0.2) is 44.4 Å². The van der Waals surface area contributed by atoms with Gasteiger partial charge >= 0.3 is 0 Å². The Morgan fingerprint density at radius 2 is 2.21 bits per heavy atom. The second kappa shape index (κ2) is 7.33. The van der Waals surface area contributed by atoms with Crippen LogP contribution in [0.25, 0.3) is 5.69 Å². The molecule has 0 unspecified atom stereocenters. The van der Waals surface area contributed by atoms with Crippen molar-refractivity contribution in [3.05, 3.63) is 36.7 Å². The molecule has 2 N–H and O–H groups in total. The molecule has 1 saturated heterocycles. The number of nitrogens with one attached hydrogen (secondary N) is 2. The fourth-order valence-electron chi connectivity index (χ4n) is 2.79. The number of piperidine rings is 1. The van der Waals surface area contributed by atoms with Crippen LogP contribution in [0.15, 0.2) is 41.6 Å². The van der Waals surface area contributed by atoms with E-state index in [9.17, 15) is 8.42 Å². The molecule has 1 fully saturated rings. The zero-order valence-corrected chi connectivity index (χ0v) is 14.4. The van der Waals surface area contributed by atoms with Crippen LogP contribution in [0, 0.1) is 0 Å². The largest absolute Gasteiger partial charge is 0.494 e. The molecule has 0 bridgehead atoms. The van der Waals surface area contributed by atoms with E-state index in [4.69, 9.17) is 4.74 Å². The number of sulfonamides is 1. The predicted octanol–water partition coefficient (Wildman–Crippen LogP) is 1.30. The summed E-state index contributed by atoms with van der Waals surface area (Å²) in [4.78, 5) is 0.143. The van der Waals surface area contributed by atoms with Crippen LogP contribution in [0.1, 0.15) is 19.3 Å². The number of ether oxygens (including phenoxy) is 1. The third-order valence-electron chi connectivity index (χ3n) is 4.13. The summed E-state index contributed by atoms with van der Waals surface area (Å²) in [6.07, 6.45) is 6.11. The lowest BCUT2D eigenvalue weighted by molar-refractivity contribution is 0.398. The highest BCUT2D eigenvalue weighted by Gasteiger charge is 2.20. The van der Waals surface area contributed by atoms with Crippen LogP contribution >= 0.6 is 0 Å². The van der Waals surface area contributed by atoms with Crippen LogP contribution in [0.4, 0.5) is 0 Å². The van der Waals surface area contributed by atoms with E-state index < -0.39 is 10.0 Å². The minimum Gasteiger partial charge on any atom is -0.494 e. The molecule has 0 aliphatic carbocycles. The van der Waals surface area contributed by atoms with E-state index in [1.165, 1.54) is 17.1 Å². The number of aromatic nitrogens is 2. The number of benzene rings is 1. The molecule has 1 aliphatic rings. The highest BCUT2D eigenvalue weighted by atomic mass is 32.2. The van der Waals surface area contributed by atoms with Crippen molar-refractivity contribution in [1.29, 1.82) is 0 Å². The van der Waals surface area contributed by atoms with Crippen molar-refractivity contribution < 1.29 is 13.2 Å². The van der Waals surface area contributed by atoms with Crippen LogP contribution in [-0.2, 0) is 10.0 Å². The minimum absolute atomic E-state index is 0.143. The molecule has 2 heterocycles. The van der Waals surface area contributed by atoms with E-state index >= 15 is 0 Å². The molecule has 0 spiro atoms. The number of hydrogen-bond donors (Lipinski definition) is 2. The Morgan fingerprint density at radius 1 is 1.38 bits per heavy atom. The van der Waals surface area contributed by atoms with Crippen molar-refractivity contribution in [2.24, 2.45) is 0 Å². The summed E-state index contributed by atoms with van der Waals surface area (Å²) < 4.78 is 34.4. The quantitative estimate of drug-likeness (QED) is 0.820. The molecule has 3 rings (SSSR count). The minimum atomic E-state index is -3.58.